The van der Waals surface area contributed by atoms with Gasteiger partial charge >= 0.3 is 6.18 Å². The fourth-order valence-electron chi connectivity index (χ4n) is 4.59. The molecule has 2 heterocycles. The molecule has 0 amide bonds. The van der Waals surface area contributed by atoms with Crippen molar-refractivity contribution in [3.05, 3.63) is 94.0 Å². The van der Waals surface area contributed by atoms with Crippen LogP contribution in [0.2, 0.25) is 0 Å². The maximum atomic E-state index is 13.0. The van der Waals surface area contributed by atoms with Crippen LogP contribution < -0.4 is 21.9 Å². The molecule has 3 nitrogen and oxygen atoms in total. The SMILES string of the molecule is CC(C)(C)c1ccc(C2=[N+](Cc3ccc(C(F)(F)F)cc3)CCc3cc4c(cc32)OCO4)cc1.[Cl-]. The van der Waals surface area contributed by atoms with Crippen LogP contribution in [0.25, 0.3) is 0 Å². The molecule has 7 heteroatoms. The van der Waals surface area contributed by atoms with Crippen LogP contribution in [0.4, 0.5) is 13.2 Å². The van der Waals surface area contributed by atoms with Crippen molar-refractivity contribution in [1.82, 2.24) is 0 Å². The van der Waals surface area contributed by atoms with Crippen molar-refractivity contribution in [2.75, 3.05) is 13.3 Å². The second kappa shape index (κ2) is 9.23. The van der Waals surface area contributed by atoms with Crippen LogP contribution in [-0.4, -0.2) is 23.6 Å². The number of benzene rings is 3. The second-order valence-corrected chi connectivity index (χ2v) is 9.90. The zero-order valence-electron chi connectivity index (χ0n) is 19.9. The highest BCUT2D eigenvalue weighted by Crippen LogP contribution is 2.37. The van der Waals surface area contributed by atoms with Crippen molar-refractivity contribution in [2.24, 2.45) is 0 Å². The second-order valence-electron chi connectivity index (χ2n) is 9.90. The summed E-state index contributed by atoms with van der Waals surface area (Å²) < 4.78 is 52.5. The number of fused-ring (bicyclic) bond motifs is 2. The molecule has 0 saturated carbocycles. The number of halogens is 4. The summed E-state index contributed by atoms with van der Waals surface area (Å²) in [5.74, 6) is 1.48. The summed E-state index contributed by atoms with van der Waals surface area (Å²) in [6.07, 6.45) is -3.52. The van der Waals surface area contributed by atoms with E-state index in [4.69, 9.17) is 9.47 Å². The summed E-state index contributed by atoms with van der Waals surface area (Å²) in [5, 5.41) is 0. The molecule has 3 aromatic carbocycles. The predicted octanol–water partition coefficient (Wildman–Crippen LogP) is 3.34. The van der Waals surface area contributed by atoms with Gasteiger partial charge in [-0.25, -0.2) is 4.58 Å². The first-order chi connectivity index (χ1) is 16.1. The maximum Gasteiger partial charge on any atom is 0.416 e. The van der Waals surface area contributed by atoms with Gasteiger partial charge in [0.05, 0.1) is 11.1 Å². The topological polar surface area (TPSA) is 21.5 Å². The lowest BCUT2D eigenvalue weighted by Crippen LogP contribution is -3.00. The summed E-state index contributed by atoms with van der Waals surface area (Å²) >= 11 is 0. The van der Waals surface area contributed by atoms with E-state index in [1.54, 1.807) is 12.1 Å². The highest BCUT2D eigenvalue weighted by atomic mass is 35.5. The lowest BCUT2D eigenvalue weighted by atomic mass is 9.85. The standard InChI is InChI=1S/C28H27F3NO2.ClH/c1-27(2,3)21-10-6-19(7-11-21)26-23-15-25-24(33-17-34-25)14-20(23)12-13-32(26)16-18-4-8-22(9-5-18)28(29,30)31;/h4-11,14-15H,12-13,16-17H2,1-3H3;1H/q+1;/p-1. The molecule has 0 atom stereocenters. The van der Waals surface area contributed by atoms with E-state index in [2.05, 4.69) is 55.7 Å². The molecule has 3 aromatic rings. The Morgan fingerprint density at radius 3 is 2.03 bits per heavy atom. The van der Waals surface area contributed by atoms with E-state index < -0.39 is 11.7 Å². The fraction of sp³-hybridized carbons (Fsp3) is 0.321. The Bertz CT molecular complexity index is 1260. The van der Waals surface area contributed by atoms with E-state index in [1.165, 1.54) is 11.1 Å². The smallest absolute Gasteiger partial charge is 0.416 e. The number of rotatable bonds is 3. The third kappa shape index (κ3) is 5.03. The van der Waals surface area contributed by atoms with Crippen LogP contribution in [0.15, 0.2) is 60.7 Å². The van der Waals surface area contributed by atoms with E-state index >= 15 is 0 Å². The molecular weight excluding hydrogens is 475 g/mol. The minimum atomic E-state index is -4.34. The summed E-state index contributed by atoms with van der Waals surface area (Å²) in [6, 6.07) is 18.1. The molecule has 5 rings (SSSR count). The zero-order valence-corrected chi connectivity index (χ0v) is 20.6. The van der Waals surface area contributed by atoms with Crippen molar-refractivity contribution in [3.8, 4) is 11.5 Å². The van der Waals surface area contributed by atoms with E-state index in [9.17, 15) is 13.2 Å². The van der Waals surface area contributed by atoms with Gasteiger partial charge in [0.25, 0.3) is 0 Å². The van der Waals surface area contributed by atoms with Gasteiger partial charge in [-0.3, -0.25) is 0 Å². The van der Waals surface area contributed by atoms with Crippen molar-refractivity contribution in [1.29, 1.82) is 0 Å². The number of alkyl halides is 3. The van der Waals surface area contributed by atoms with Crippen LogP contribution >= 0.6 is 0 Å². The van der Waals surface area contributed by atoms with Gasteiger partial charge in [0.15, 0.2) is 18.0 Å². The van der Waals surface area contributed by atoms with Crippen molar-refractivity contribution < 1.29 is 39.6 Å². The van der Waals surface area contributed by atoms with Crippen LogP contribution in [-0.2, 0) is 24.6 Å². The van der Waals surface area contributed by atoms with Crippen LogP contribution in [0.1, 0.15) is 54.2 Å². The molecular formula is C28H27ClF3NO2. The lowest BCUT2D eigenvalue weighted by molar-refractivity contribution is -0.544. The average Bonchev–Trinajstić information content (AvgIpc) is 3.24. The molecule has 0 aromatic heterocycles. The van der Waals surface area contributed by atoms with Gasteiger partial charge in [-0.05, 0) is 52.9 Å². The van der Waals surface area contributed by atoms with Gasteiger partial charge in [-0.15, -0.1) is 0 Å². The Kier molecular flexibility index (Phi) is 6.62. The first-order valence-electron chi connectivity index (χ1n) is 11.4. The van der Waals surface area contributed by atoms with Crippen molar-refractivity contribution in [3.63, 3.8) is 0 Å². The summed E-state index contributed by atoms with van der Waals surface area (Å²) in [6.45, 7) is 8.03. The van der Waals surface area contributed by atoms with Crippen LogP contribution in [0.5, 0.6) is 11.5 Å². The molecule has 0 saturated heterocycles. The maximum absolute atomic E-state index is 13.0. The molecule has 2 aliphatic heterocycles. The highest BCUT2D eigenvalue weighted by Gasteiger charge is 2.32. The van der Waals surface area contributed by atoms with Gasteiger partial charge in [-0.1, -0.05) is 45.0 Å². The molecule has 2 aliphatic rings. The predicted molar refractivity (Wildman–Crippen MR) is 125 cm³/mol. The van der Waals surface area contributed by atoms with Gasteiger partial charge in [0.1, 0.15) is 6.54 Å². The number of nitrogens with zero attached hydrogens (tertiary/aromatic N) is 1. The molecule has 0 N–H and O–H groups in total. The summed E-state index contributed by atoms with van der Waals surface area (Å²) in [4.78, 5) is 0. The van der Waals surface area contributed by atoms with Crippen molar-refractivity contribution in [2.45, 2.75) is 45.3 Å². The quantitative estimate of drug-likeness (QED) is 0.513. The molecule has 184 valence electrons. The Morgan fingerprint density at radius 1 is 0.829 bits per heavy atom. The highest BCUT2D eigenvalue weighted by molar-refractivity contribution is 6.11. The van der Waals surface area contributed by atoms with E-state index in [1.807, 2.05) is 6.07 Å². The molecule has 0 bridgehead atoms. The van der Waals surface area contributed by atoms with Gasteiger partial charge in [0.2, 0.25) is 12.5 Å². The molecule has 0 aliphatic carbocycles. The number of ether oxygens (including phenoxy) is 2. The molecule has 35 heavy (non-hydrogen) atoms. The monoisotopic (exact) mass is 501 g/mol. The van der Waals surface area contributed by atoms with Gasteiger partial charge in [0, 0.05) is 17.5 Å². The fourth-order valence-corrected chi connectivity index (χ4v) is 4.59. The Balaban J connectivity index is 0.00000289. The molecule has 0 radical (unpaired) electrons. The molecule has 0 spiro atoms. The zero-order chi connectivity index (χ0) is 24.1. The molecule has 0 unspecified atom stereocenters. The van der Waals surface area contributed by atoms with E-state index in [0.717, 1.165) is 59.0 Å². The van der Waals surface area contributed by atoms with E-state index in [0.29, 0.717) is 6.54 Å². The third-order valence-corrected chi connectivity index (χ3v) is 6.50. The molecule has 0 fully saturated rings. The van der Waals surface area contributed by atoms with E-state index in [-0.39, 0.29) is 24.6 Å². The number of hydrogen-bond acceptors (Lipinski definition) is 2. The van der Waals surface area contributed by atoms with Crippen LogP contribution in [0.3, 0.4) is 0 Å². The Labute approximate surface area is 209 Å². The Hall–Kier alpha value is -2.99. The average molecular weight is 502 g/mol. The normalized spacial score (nSPS) is 15.0. The largest absolute Gasteiger partial charge is 1.00 e. The minimum Gasteiger partial charge on any atom is -1.00 e. The summed E-state index contributed by atoms with van der Waals surface area (Å²) in [7, 11) is 0. The van der Waals surface area contributed by atoms with Crippen molar-refractivity contribution >= 4 is 5.71 Å². The Morgan fingerprint density at radius 2 is 1.43 bits per heavy atom. The van der Waals surface area contributed by atoms with Gasteiger partial charge in [-0.2, -0.15) is 13.2 Å². The number of hydrogen-bond donors (Lipinski definition) is 0. The first-order valence-corrected chi connectivity index (χ1v) is 11.4. The minimum absolute atomic E-state index is 0. The third-order valence-electron chi connectivity index (χ3n) is 6.50. The van der Waals surface area contributed by atoms with Gasteiger partial charge < -0.3 is 21.9 Å². The first kappa shape index (κ1) is 25.1. The lowest BCUT2D eigenvalue weighted by Gasteiger charge is -2.22. The summed E-state index contributed by atoms with van der Waals surface area (Å²) in [5.41, 5.74) is 5.87. The van der Waals surface area contributed by atoms with Crippen LogP contribution in [0, 0.1) is 0 Å².